The third-order valence-electron chi connectivity index (χ3n) is 8.24. The Hall–Kier alpha value is -1.16. The Balaban J connectivity index is 0.00000138. The van der Waals surface area contributed by atoms with Crippen LogP contribution in [-0.4, -0.2) is 10.2 Å². The van der Waals surface area contributed by atoms with E-state index in [9.17, 15) is 10.2 Å². The van der Waals surface area contributed by atoms with Crippen LogP contribution in [0.3, 0.4) is 0 Å². The van der Waals surface area contributed by atoms with Crippen LogP contribution in [-0.2, 0) is 26.3 Å². The number of unbranched alkanes of at least 4 members (excludes halogenated alkanes) is 5. The van der Waals surface area contributed by atoms with Crippen LogP contribution in [0.1, 0.15) is 144 Å². The summed E-state index contributed by atoms with van der Waals surface area (Å²) in [7, 11) is 0. The molecule has 0 amide bonds. The zero-order chi connectivity index (χ0) is 30.2. The van der Waals surface area contributed by atoms with Gasteiger partial charge in [0.05, 0.1) is 9.79 Å². The van der Waals surface area contributed by atoms with Crippen molar-refractivity contribution in [2.24, 2.45) is 5.92 Å². The van der Waals surface area contributed by atoms with Gasteiger partial charge in [-0.05, 0) is 59.1 Å². The first kappa shape index (κ1) is 39.8. The zero-order valence-corrected chi connectivity index (χ0v) is 29.4. The van der Waals surface area contributed by atoms with E-state index in [0.717, 1.165) is 33.9 Å². The minimum atomic E-state index is 0. The van der Waals surface area contributed by atoms with Gasteiger partial charge >= 0.3 is 66.3 Å². The number of phenols is 2. The average molecular weight is 632 g/mol. The molecule has 0 bridgehead atoms. The molecule has 239 valence electrons. The molecule has 1 unspecified atom stereocenters. The summed E-state index contributed by atoms with van der Waals surface area (Å²) in [6, 6.07) is 11.9. The van der Waals surface area contributed by atoms with Crippen molar-refractivity contribution in [2.75, 3.05) is 0 Å². The van der Waals surface area contributed by atoms with E-state index in [1.54, 1.807) is 12.1 Å². The smallest absolute Gasteiger partial charge is 0.129 e. The first-order chi connectivity index (χ1) is 18.9. The fourth-order valence-electron chi connectivity index (χ4n) is 4.93. The van der Waals surface area contributed by atoms with Crippen LogP contribution in [0.4, 0.5) is 0 Å². The van der Waals surface area contributed by atoms with E-state index in [2.05, 4.69) is 67.5 Å². The number of hydrogen-bond acceptors (Lipinski definition) is 4. The maximum Gasteiger partial charge on any atom is 0.129 e. The van der Waals surface area contributed by atoms with Crippen molar-refractivity contribution in [1.82, 2.24) is 6.15 Å². The maximum absolute atomic E-state index is 10.5. The van der Waals surface area contributed by atoms with E-state index >= 15 is 0 Å². The second-order valence-electron chi connectivity index (χ2n) is 12.7. The number of aromatic hydroxyl groups is 2. The molecule has 3 nitrogen and oxygen atoms in total. The zero-order valence-electron chi connectivity index (χ0n) is 27.6. The number of rotatable bonds is 17. The van der Waals surface area contributed by atoms with E-state index < -0.39 is 0 Å². The molecule has 0 saturated carbocycles. The Morgan fingerprint density at radius 3 is 1.44 bits per heavy atom. The Labute approximate surface area is 266 Å². The molecular weight excluding hydrogens is 569 g/mol. The summed E-state index contributed by atoms with van der Waals surface area (Å²) in [6.07, 6.45) is 14.9. The monoisotopic (exact) mass is 630 g/mol. The fraction of sp³-hybridized carbons (Fsp3) is 0.667. The van der Waals surface area contributed by atoms with Gasteiger partial charge in [-0.15, -0.1) is 0 Å². The van der Waals surface area contributed by atoms with E-state index in [-0.39, 0.29) is 28.5 Å². The normalized spacial score (nSPS) is 12.3. The minimum Gasteiger partial charge on any atom is -0.507 e. The van der Waals surface area contributed by atoms with Crippen molar-refractivity contribution in [3.05, 3.63) is 47.5 Å². The van der Waals surface area contributed by atoms with Crippen molar-refractivity contribution in [3.63, 3.8) is 0 Å². The van der Waals surface area contributed by atoms with Crippen molar-refractivity contribution in [1.29, 1.82) is 0 Å². The first-order valence-corrected chi connectivity index (χ1v) is 17.3. The summed E-state index contributed by atoms with van der Waals surface area (Å²) in [5.74, 6) is 1.38. The van der Waals surface area contributed by atoms with Crippen LogP contribution in [0.25, 0.3) is 0 Å². The molecule has 0 saturated heterocycles. The summed E-state index contributed by atoms with van der Waals surface area (Å²) in [5, 5.41) is 22.1. The van der Waals surface area contributed by atoms with Crippen LogP contribution in [0.15, 0.2) is 46.2 Å². The van der Waals surface area contributed by atoms with Crippen LogP contribution < -0.4 is 6.15 Å². The van der Waals surface area contributed by atoms with Crippen LogP contribution in [0.2, 0.25) is 5.39 Å². The quantitative estimate of drug-likeness (QED) is 0.120. The van der Waals surface area contributed by atoms with Gasteiger partial charge in [0.2, 0.25) is 0 Å². The standard InChI is InChI=1S/C28H42O2S.C8H17.H3N.Ni/c1-7-9-11-17-27(3,4)21-13-15-23(29)25(19-21)31-26-20-22(14-16-24(26)30)28(5,6)18-12-10-8-2;1-4-6-7-8(3)5-2;;/h13-16,19-20,29-30H,7-12,17-18H2,1-6H3;8H,3-7H2,1-2H3;1H3;. The van der Waals surface area contributed by atoms with E-state index in [1.807, 2.05) is 12.1 Å². The molecule has 0 spiro atoms. The molecule has 5 heteroatoms. The Morgan fingerprint density at radius 1 is 0.683 bits per heavy atom. The van der Waals surface area contributed by atoms with Crippen LogP contribution in [0.5, 0.6) is 11.5 Å². The van der Waals surface area contributed by atoms with Gasteiger partial charge in [-0.25, -0.2) is 0 Å². The van der Waals surface area contributed by atoms with Gasteiger partial charge in [0, 0.05) is 0 Å². The van der Waals surface area contributed by atoms with E-state index in [4.69, 9.17) is 15.5 Å². The molecule has 5 N–H and O–H groups in total. The third kappa shape index (κ3) is 14.2. The molecule has 0 fully saturated rings. The predicted octanol–water partition coefficient (Wildman–Crippen LogP) is 12.3. The van der Waals surface area contributed by atoms with E-state index in [1.165, 1.54) is 87.1 Å². The van der Waals surface area contributed by atoms with Crippen molar-refractivity contribution in [3.8, 4) is 11.5 Å². The second-order valence-corrected chi connectivity index (χ2v) is 14.2. The molecular formula is C36H62NNiO2S. The van der Waals surface area contributed by atoms with Crippen molar-refractivity contribution >= 4 is 11.8 Å². The molecule has 2 aromatic carbocycles. The van der Waals surface area contributed by atoms with Crippen molar-refractivity contribution < 1.29 is 25.7 Å². The van der Waals surface area contributed by atoms with E-state index in [0.29, 0.717) is 0 Å². The van der Waals surface area contributed by atoms with Gasteiger partial charge in [-0.1, -0.05) is 104 Å². The van der Waals surface area contributed by atoms with Gasteiger partial charge in [-0.3, -0.25) is 0 Å². The number of phenolic OH excluding ortho intramolecular Hbond substituents is 2. The molecule has 41 heavy (non-hydrogen) atoms. The Morgan fingerprint density at radius 2 is 1.10 bits per heavy atom. The van der Waals surface area contributed by atoms with Crippen LogP contribution in [0, 0.1) is 5.92 Å². The number of hydrogen-bond donors (Lipinski definition) is 3. The minimum absolute atomic E-state index is 0. The summed E-state index contributed by atoms with van der Waals surface area (Å²) in [4.78, 5) is 1.61. The van der Waals surface area contributed by atoms with Gasteiger partial charge in [0.1, 0.15) is 11.5 Å². The molecule has 0 heterocycles. The van der Waals surface area contributed by atoms with Gasteiger partial charge in [0.15, 0.2) is 0 Å². The molecule has 0 aromatic heterocycles. The third-order valence-corrected chi connectivity index (χ3v) is 9.90. The van der Waals surface area contributed by atoms with Crippen LogP contribution >= 0.6 is 11.8 Å². The molecule has 1 atom stereocenters. The molecule has 0 aliphatic rings. The molecule has 2 rings (SSSR count). The first-order valence-electron chi connectivity index (χ1n) is 15.8. The summed E-state index contributed by atoms with van der Waals surface area (Å²) >= 11 is 6.17. The Kier molecular flexibility index (Phi) is 20.1. The fourth-order valence-corrected chi connectivity index (χ4v) is 6.37. The molecule has 0 aliphatic carbocycles. The van der Waals surface area contributed by atoms with Gasteiger partial charge < -0.3 is 16.4 Å². The second kappa shape index (κ2) is 20.7. The van der Waals surface area contributed by atoms with Crippen molar-refractivity contribution in [2.45, 2.75) is 158 Å². The summed E-state index contributed by atoms with van der Waals surface area (Å²) in [5.41, 5.74) is 2.59. The SMILES string of the molecule is CCCCC(CC)[CH2][Ni].CCCCCC(C)(C)c1ccc(O)c(Sc2cc(C(C)(C)CCCCC)ccc2O)c1.N. The molecule has 0 radical (unpaired) electrons. The summed E-state index contributed by atoms with van der Waals surface area (Å²) in [6.45, 7) is 18.0. The van der Waals surface area contributed by atoms with Gasteiger partial charge in [-0.2, -0.15) is 0 Å². The maximum atomic E-state index is 10.5. The predicted molar refractivity (Wildman–Crippen MR) is 178 cm³/mol. The van der Waals surface area contributed by atoms with Gasteiger partial charge in [0.25, 0.3) is 0 Å². The molecule has 0 aliphatic heterocycles. The topological polar surface area (TPSA) is 75.5 Å². The average Bonchev–Trinajstić information content (AvgIpc) is 2.92. The molecule has 2 aromatic rings. The Bertz CT molecular complexity index is 903. The number of benzene rings is 2. The largest absolute Gasteiger partial charge is 0.507 e. The summed E-state index contributed by atoms with van der Waals surface area (Å²) < 4.78 is 0.